The van der Waals surface area contributed by atoms with Gasteiger partial charge in [0.25, 0.3) is 0 Å². The van der Waals surface area contributed by atoms with Gasteiger partial charge < -0.3 is 14.5 Å². The summed E-state index contributed by atoms with van der Waals surface area (Å²) in [7, 11) is 1.60. The van der Waals surface area contributed by atoms with Gasteiger partial charge in [-0.1, -0.05) is 12.6 Å². The number of amides is 1. The molecule has 1 saturated heterocycles. The summed E-state index contributed by atoms with van der Waals surface area (Å²) in [6, 6.07) is 10.1. The van der Waals surface area contributed by atoms with Crippen LogP contribution in [0, 0.1) is 0 Å². The smallest absolute Gasteiger partial charge is 0.246 e. The van der Waals surface area contributed by atoms with Crippen molar-refractivity contribution in [1.82, 2.24) is 19.9 Å². The molecule has 148 valence electrons. The van der Waals surface area contributed by atoms with E-state index in [-0.39, 0.29) is 11.9 Å². The number of carbonyl (C=O) groups is 1. The maximum absolute atomic E-state index is 12.0. The van der Waals surface area contributed by atoms with Crippen molar-refractivity contribution in [3.63, 3.8) is 0 Å². The van der Waals surface area contributed by atoms with Gasteiger partial charge in [0.1, 0.15) is 12.1 Å². The Balaban J connectivity index is 1.69. The Morgan fingerprint density at radius 3 is 2.69 bits per heavy atom. The molecule has 1 aliphatic rings. The molecule has 4 rings (SSSR count). The summed E-state index contributed by atoms with van der Waals surface area (Å²) in [6.45, 7) is 7.68. The first kappa shape index (κ1) is 18.9. The van der Waals surface area contributed by atoms with E-state index in [4.69, 9.17) is 4.74 Å². The maximum Gasteiger partial charge on any atom is 0.246 e. The average Bonchev–Trinajstić information content (AvgIpc) is 2.78. The molecule has 1 fully saturated rings. The van der Waals surface area contributed by atoms with Crippen molar-refractivity contribution in [3.8, 4) is 17.0 Å². The second-order valence-electron chi connectivity index (χ2n) is 7.05. The maximum atomic E-state index is 12.0. The number of rotatable bonds is 4. The van der Waals surface area contributed by atoms with Crippen molar-refractivity contribution in [1.29, 1.82) is 0 Å². The highest BCUT2D eigenvalue weighted by Crippen LogP contribution is 2.30. The first-order valence-electron chi connectivity index (χ1n) is 9.54. The van der Waals surface area contributed by atoms with Gasteiger partial charge in [-0.3, -0.25) is 4.79 Å². The minimum absolute atomic E-state index is 0.0293. The molecule has 0 saturated carbocycles. The number of hydrogen-bond donors (Lipinski definition) is 0. The molecular weight excluding hydrogens is 366 g/mol. The number of hydrogen-bond acceptors (Lipinski definition) is 6. The molecule has 1 aromatic carbocycles. The van der Waals surface area contributed by atoms with E-state index in [0.717, 1.165) is 27.8 Å². The zero-order valence-corrected chi connectivity index (χ0v) is 16.6. The van der Waals surface area contributed by atoms with Crippen molar-refractivity contribution in [2.45, 2.75) is 13.0 Å². The Morgan fingerprint density at radius 1 is 1.17 bits per heavy atom. The molecule has 0 bridgehead atoms. The fourth-order valence-electron chi connectivity index (χ4n) is 3.72. The molecule has 2 aromatic heterocycles. The average molecular weight is 389 g/mol. The molecule has 1 unspecified atom stereocenters. The second-order valence-corrected chi connectivity index (χ2v) is 7.05. The van der Waals surface area contributed by atoms with Gasteiger partial charge in [0.2, 0.25) is 11.8 Å². The van der Waals surface area contributed by atoms with Gasteiger partial charge in [0.05, 0.1) is 12.6 Å². The third-order valence-electron chi connectivity index (χ3n) is 5.28. The predicted octanol–water partition coefficient (Wildman–Crippen LogP) is 2.92. The van der Waals surface area contributed by atoms with Crippen LogP contribution in [-0.4, -0.2) is 58.5 Å². The molecule has 1 atom stereocenters. The van der Waals surface area contributed by atoms with Gasteiger partial charge in [0, 0.05) is 48.9 Å². The SMILES string of the molecule is C=CC(=O)N1CCN(c2ncnc3ccc(-c4ccc(OC)nc4)cc23)C(C)C1. The molecule has 7 heteroatoms. The molecule has 0 radical (unpaired) electrons. The standard InChI is InChI=1S/C22H23N5O2/c1-4-21(28)26-9-10-27(15(2)13-26)22-18-11-16(5-7-19(18)24-14-25-22)17-6-8-20(29-3)23-12-17/h4-8,11-12,14-15H,1,9-10,13H2,2-3H3. The molecule has 0 N–H and O–H groups in total. The van der Waals surface area contributed by atoms with Crippen molar-refractivity contribution < 1.29 is 9.53 Å². The van der Waals surface area contributed by atoms with Crippen molar-refractivity contribution in [3.05, 3.63) is 55.5 Å². The fourth-order valence-corrected chi connectivity index (χ4v) is 3.72. The number of fused-ring (bicyclic) bond motifs is 1. The van der Waals surface area contributed by atoms with Crippen LogP contribution in [0.2, 0.25) is 0 Å². The Bertz CT molecular complexity index is 1050. The summed E-state index contributed by atoms with van der Waals surface area (Å²) < 4.78 is 5.15. The Morgan fingerprint density at radius 2 is 2.00 bits per heavy atom. The summed E-state index contributed by atoms with van der Waals surface area (Å²) >= 11 is 0. The monoisotopic (exact) mass is 389 g/mol. The Hall–Kier alpha value is -3.48. The highest BCUT2D eigenvalue weighted by molar-refractivity contribution is 5.93. The number of pyridine rings is 1. The molecular formula is C22H23N5O2. The highest BCUT2D eigenvalue weighted by Gasteiger charge is 2.27. The number of benzene rings is 1. The number of aromatic nitrogens is 3. The van der Waals surface area contributed by atoms with Crippen LogP contribution in [0.4, 0.5) is 5.82 Å². The largest absolute Gasteiger partial charge is 0.481 e. The summed E-state index contributed by atoms with van der Waals surface area (Å²) in [4.78, 5) is 29.4. The van der Waals surface area contributed by atoms with Gasteiger partial charge in [-0.15, -0.1) is 0 Å². The van der Waals surface area contributed by atoms with Crippen LogP contribution >= 0.6 is 0 Å². The van der Waals surface area contributed by atoms with Crippen molar-refractivity contribution >= 4 is 22.6 Å². The number of methoxy groups -OCH3 is 1. The number of carbonyl (C=O) groups excluding carboxylic acids is 1. The zero-order chi connectivity index (χ0) is 20.4. The topological polar surface area (TPSA) is 71.5 Å². The zero-order valence-electron chi connectivity index (χ0n) is 16.6. The number of ether oxygens (including phenoxy) is 1. The van der Waals surface area contributed by atoms with Gasteiger partial charge in [-0.25, -0.2) is 15.0 Å². The van der Waals surface area contributed by atoms with E-state index >= 15 is 0 Å². The van der Waals surface area contributed by atoms with E-state index in [1.165, 1.54) is 6.08 Å². The van der Waals surface area contributed by atoms with Gasteiger partial charge in [0.15, 0.2) is 0 Å². The second kappa shape index (κ2) is 7.87. The lowest BCUT2D eigenvalue weighted by atomic mass is 10.0. The quantitative estimate of drug-likeness (QED) is 0.639. The molecule has 3 aromatic rings. The van der Waals surface area contributed by atoms with Crippen LogP contribution < -0.4 is 9.64 Å². The molecule has 1 amide bonds. The van der Waals surface area contributed by atoms with Crippen molar-refractivity contribution in [2.24, 2.45) is 0 Å². The van der Waals surface area contributed by atoms with E-state index < -0.39 is 0 Å². The predicted molar refractivity (Wildman–Crippen MR) is 113 cm³/mol. The normalized spacial score (nSPS) is 16.7. The number of anilines is 1. The molecule has 29 heavy (non-hydrogen) atoms. The minimum Gasteiger partial charge on any atom is -0.481 e. The number of piperazine rings is 1. The van der Waals surface area contributed by atoms with Gasteiger partial charge in [-0.2, -0.15) is 0 Å². The van der Waals surface area contributed by atoms with E-state index in [9.17, 15) is 4.79 Å². The lowest BCUT2D eigenvalue weighted by Crippen LogP contribution is -2.53. The van der Waals surface area contributed by atoms with E-state index in [1.807, 2.05) is 29.2 Å². The molecule has 1 aliphatic heterocycles. The minimum atomic E-state index is -0.0293. The fraction of sp³-hybridized carbons (Fsp3) is 0.273. The van der Waals surface area contributed by atoms with Gasteiger partial charge >= 0.3 is 0 Å². The Kier molecular flexibility index (Phi) is 5.12. The van der Waals surface area contributed by atoms with Crippen LogP contribution in [0.5, 0.6) is 5.88 Å². The van der Waals surface area contributed by atoms with E-state index in [0.29, 0.717) is 25.5 Å². The molecule has 0 aliphatic carbocycles. The van der Waals surface area contributed by atoms with E-state index in [2.05, 4.69) is 39.4 Å². The van der Waals surface area contributed by atoms with E-state index in [1.54, 1.807) is 19.6 Å². The lowest BCUT2D eigenvalue weighted by Gasteiger charge is -2.40. The Labute approximate surface area is 169 Å². The summed E-state index contributed by atoms with van der Waals surface area (Å²) in [5, 5.41) is 0.983. The molecule has 7 nitrogen and oxygen atoms in total. The van der Waals surface area contributed by atoms with Gasteiger partial charge in [-0.05, 0) is 36.8 Å². The highest BCUT2D eigenvalue weighted by atomic mass is 16.5. The summed E-state index contributed by atoms with van der Waals surface area (Å²) in [5.41, 5.74) is 2.92. The molecule has 3 heterocycles. The van der Waals surface area contributed by atoms with Crippen LogP contribution in [0.15, 0.2) is 55.5 Å². The first-order valence-corrected chi connectivity index (χ1v) is 9.54. The summed E-state index contributed by atoms with van der Waals surface area (Å²) in [6.07, 6.45) is 4.77. The summed E-state index contributed by atoms with van der Waals surface area (Å²) in [5.74, 6) is 1.44. The first-order chi connectivity index (χ1) is 14.1. The lowest BCUT2D eigenvalue weighted by molar-refractivity contribution is -0.126. The third-order valence-corrected chi connectivity index (χ3v) is 5.28. The number of nitrogens with zero attached hydrogens (tertiary/aromatic N) is 5. The van der Waals surface area contributed by atoms with Crippen LogP contribution in [0.1, 0.15) is 6.92 Å². The van der Waals surface area contributed by atoms with Crippen LogP contribution in [0.3, 0.4) is 0 Å². The van der Waals surface area contributed by atoms with Crippen LogP contribution in [-0.2, 0) is 4.79 Å². The van der Waals surface area contributed by atoms with Crippen molar-refractivity contribution in [2.75, 3.05) is 31.6 Å². The van der Waals surface area contributed by atoms with Crippen LogP contribution in [0.25, 0.3) is 22.0 Å². The molecule has 0 spiro atoms. The third kappa shape index (κ3) is 3.63.